The SMILES string of the molecule is CC(C)(C)c1ccc(-c2[c-]ccc(C(C)(C)C)c2)nc1.N#Cc1ccc2c(oc3c(-c4ccccn4)[c-]ccc32)c1-n1c2ccccc2c2ccccc21.[Ir]. The summed E-state index contributed by atoms with van der Waals surface area (Å²) in [7, 11) is 0. The smallest absolute Gasteiger partial charge is 0.146 e. The summed E-state index contributed by atoms with van der Waals surface area (Å²) in [5.41, 5.74) is 11.3. The fraction of sp³-hybridized carbons (Fsp3) is 0.163. The minimum absolute atomic E-state index is 0. The van der Waals surface area contributed by atoms with Gasteiger partial charge in [0.2, 0.25) is 0 Å². The molecular formula is C49H40IrN4O-2. The maximum Gasteiger partial charge on any atom is 0.146 e. The number of furan rings is 1. The molecule has 0 aliphatic rings. The van der Waals surface area contributed by atoms with E-state index in [2.05, 4.69) is 123 Å². The quantitative estimate of drug-likeness (QED) is 0.166. The third kappa shape index (κ3) is 6.98. The van der Waals surface area contributed by atoms with Gasteiger partial charge in [-0.1, -0.05) is 119 Å². The Balaban J connectivity index is 0.000000191. The van der Waals surface area contributed by atoms with Crippen LogP contribution in [0, 0.1) is 23.5 Å². The first-order valence-corrected chi connectivity index (χ1v) is 18.2. The average Bonchev–Trinajstić information content (AvgIpc) is 3.74. The van der Waals surface area contributed by atoms with E-state index in [9.17, 15) is 5.26 Å². The molecule has 0 aliphatic heterocycles. The van der Waals surface area contributed by atoms with Crippen LogP contribution >= 0.6 is 0 Å². The Labute approximate surface area is 335 Å². The molecule has 0 fully saturated rings. The first kappa shape index (κ1) is 37.5. The van der Waals surface area contributed by atoms with Crippen LogP contribution in [0.4, 0.5) is 0 Å². The predicted molar refractivity (Wildman–Crippen MR) is 221 cm³/mol. The molecule has 0 saturated heterocycles. The summed E-state index contributed by atoms with van der Waals surface area (Å²) in [5, 5.41) is 14.3. The van der Waals surface area contributed by atoms with Crippen LogP contribution in [0.2, 0.25) is 0 Å². The molecule has 4 aromatic heterocycles. The molecule has 0 unspecified atom stereocenters. The molecule has 6 heteroatoms. The average molecular weight is 893 g/mol. The summed E-state index contributed by atoms with van der Waals surface area (Å²) in [6, 6.07) is 49.7. The van der Waals surface area contributed by atoms with E-state index >= 15 is 0 Å². The van der Waals surface area contributed by atoms with Crippen LogP contribution in [-0.2, 0) is 30.9 Å². The fourth-order valence-corrected chi connectivity index (χ4v) is 7.05. The van der Waals surface area contributed by atoms with Crippen molar-refractivity contribution in [3.63, 3.8) is 0 Å². The van der Waals surface area contributed by atoms with Crippen LogP contribution in [0.3, 0.4) is 0 Å². The molecule has 9 aromatic rings. The van der Waals surface area contributed by atoms with Gasteiger partial charge in [-0.05, 0) is 52.0 Å². The molecule has 273 valence electrons. The zero-order valence-corrected chi connectivity index (χ0v) is 34.1. The fourth-order valence-electron chi connectivity index (χ4n) is 7.05. The zero-order chi connectivity index (χ0) is 37.6. The standard InChI is InChI=1S/C30H16N3O.C19H24N.Ir/c31-18-19-15-16-23-22-10-7-11-24(25-12-5-6-17-32-25)29(22)34-30(23)28(19)33-26-13-3-1-8-20(26)21-9-2-4-14-27(21)33;1-18(2,3)15-9-7-8-14(12-15)17-11-10-16(13-20-17)19(4,5)6;/h1-10,12-17H;7,9-13H,1-6H3;/q2*-1;. The number of hydrogen-bond acceptors (Lipinski definition) is 4. The van der Waals surface area contributed by atoms with Crippen molar-refractivity contribution in [3.05, 3.63) is 163 Å². The van der Waals surface area contributed by atoms with Gasteiger partial charge < -0.3 is 19.0 Å². The number of pyridine rings is 2. The third-order valence-corrected chi connectivity index (χ3v) is 9.99. The van der Waals surface area contributed by atoms with Crippen molar-refractivity contribution in [1.29, 1.82) is 5.26 Å². The van der Waals surface area contributed by atoms with E-state index in [1.54, 1.807) is 6.20 Å². The summed E-state index contributed by atoms with van der Waals surface area (Å²) >= 11 is 0. The van der Waals surface area contributed by atoms with Crippen molar-refractivity contribution >= 4 is 43.7 Å². The second-order valence-corrected chi connectivity index (χ2v) is 15.7. The molecule has 4 heterocycles. The number of aromatic nitrogens is 3. The number of nitriles is 1. The maximum absolute atomic E-state index is 10.1. The van der Waals surface area contributed by atoms with Crippen LogP contribution in [0.1, 0.15) is 58.2 Å². The minimum atomic E-state index is 0. The van der Waals surface area contributed by atoms with Crippen molar-refractivity contribution in [2.24, 2.45) is 0 Å². The molecule has 0 amide bonds. The number of benzene rings is 5. The van der Waals surface area contributed by atoms with E-state index in [-0.39, 0.29) is 30.9 Å². The van der Waals surface area contributed by atoms with Crippen molar-refractivity contribution in [2.45, 2.75) is 52.4 Å². The van der Waals surface area contributed by atoms with Crippen LogP contribution in [0.15, 0.2) is 138 Å². The Morgan fingerprint density at radius 2 is 1.27 bits per heavy atom. The number of hydrogen-bond donors (Lipinski definition) is 0. The van der Waals surface area contributed by atoms with E-state index in [0.29, 0.717) is 16.7 Å². The zero-order valence-electron chi connectivity index (χ0n) is 31.7. The molecule has 0 bridgehead atoms. The van der Waals surface area contributed by atoms with E-state index in [1.165, 1.54) is 11.1 Å². The Kier molecular flexibility index (Phi) is 10.0. The van der Waals surface area contributed by atoms with Gasteiger partial charge in [-0.15, -0.1) is 53.6 Å². The Bertz CT molecular complexity index is 2790. The summed E-state index contributed by atoms with van der Waals surface area (Å²) in [6.07, 6.45) is 3.74. The second-order valence-electron chi connectivity index (χ2n) is 15.7. The number of nitrogens with zero attached hydrogens (tertiary/aromatic N) is 4. The molecule has 5 nitrogen and oxygen atoms in total. The van der Waals surface area contributed by atoms with Crippen LogP contribution in [0.5, 0.6) is 0 Å². The first-order chi connectivity index (χ1) is 26.0. The van der Waals surface area contributed by atoms with Crippen molar-refractivity contribution in [3.8, 4) is 34.3 Å². The normalized spacial score (nSPS) is 11.7. The van der Waals surface area contributed by atoms with E-state index in [0.717, 1.165) is 60.8 Å². The third-order valence-electron chi connectivity index (χ3n) is 9.99. The molecule has 0 N–H and O–H groups in total. The van der Waals surface area contributed by atoms with Crippen LogP contribution in [-0.4, -0.2) is 14.5 Å². The summed E-state index contributed by atoms with van der Waals surface area (Å²) in [4.78, 5) is 9.12. The van der Waals surface area contributed by atoms with E-state index in [4.69, 9.17) is 4.42 Å². The second kappa shape index (κ2) is 14.8. The maximum atomic E-state index is 10.1. The summed E-state index contributed by atoms with van der Waals surface area (Å²) < 4.78 is 8.74. The monoisotopic (exact) mass is 893 g/mol. The molecule has 0 spiro atoms. The molecule has 9 rings (SSSR count). The Morgan fingerprint density at radius 3 is 1.89 bits per heavy atom. The van der Waals surface area contributed by atoms with Gasteiger partial charge in [0.25, 0.3) is 0 Å². The van der Waals surface area contributed by atoms with Gasteiger partial charge in [0.15, 0.2) is 0 Å². The van der Waals surface area contributed by atoms with Crippen LogP contribution < -0.4 is 0 Å². The minimum Gasteiger partial charge on any atom is -0.498 e. The first-order valence-electron chi connectivity index (χ1n) is 18.2. The van der Waals surface area contributed by atoms with Crippen molar-refractivity contribution < 1.29 is 24.5 Å². The van der Waals surface area contributed by atoms with Crippen LogP contribution in [0.25, 0.3) is 71.9 Å². The molecule has 0 atom stereocenters. The van der Waals surface area contributed by atoms with E-state index < -0.39 is 0 Å². The molecule has 55 heavy (non-hydrogen) atoms. The van der Waals surface area contributed by atoms with Gasteiger partial charge in [-0.3, -0.25) is 0 Å². The van der Waals surface area contributed by atoms with Gasteiger partial charge in [0, 0.05) is 48.7 Å². The summed E-state index contributed by atoms with van der Waals surface area (Å²) in [5.74, 6) is 0. The number of fused-ring (bicyclic) bond motifs is 6. The molecular weight excluding hydrogens is 853 g/mol. The van der Waals surface area contributed by atoms with Crippen molar-refractivity contribution in [1.82, 2.24) is 14.5 Å². The molecule has 0 aliphatic carbocycles. The number of rotatable bonds is 3. The Morgan fingerprint density at radius 1 is 0.618 bits per heavy atom. The largest absolute Gasteiger partial charge is 0.498 e. The molecule has 0 saturated carbocycles. The van der Waals surface area contributed by atoms with E-state index in [1.807, 2.05) is 79.0 Å². The van der Waals surface area contributed by atoms with Gasteiger partial charge in [-0.2, -0.15) is 5.26 Å². The topological polar surface area (TPSA) is 67.6 Å². The van der Waals surface area contributed by atoms with Crippen molar-refractivity contribution in [2.75, 3.05) is 0 Å². The molecule has 5 aromatic carbocycles. The Hall–Kier alpha value is -5.86. The van der Waals surface area contributed by atoms with Gasteiger partial charge in [0.05, 0.1) is 22.2 Å². The van der Waals surface area contributed by atoms with Gasteiger partial charge in [0.1, 0.15) is 17.3 Å². The predicted octanol–water partition coefficient (Wildman–Crippen LogP) is 12.6. The summed E-state index contributed by atoms with van der Waals surface area (Å²) in [6.45, 7) is 13.3. The molecule has 1 radical (unpaired) electrons. The van der Waals surface area contributed by atoms with Gasteiger partial charge in [-0.25, -0.2) is 0 Å². The van der Waals surface area contributed by atoms with Gasteiger partial charge >= 0.3 is 0 Å². The number of para-hydroxylation sites is 2.